The van der Waals surface area contributed by atoms with E-state index in [4.69, 9.17) is 4.98 Å². The predicted octanol–water partition coefficient (Wildman–Crippen LogP) is 5.60. The molecule has 0 fully saturated rings. The molecular weight excluding hydrogens is 304 g/mol. The largest absolute Gasteiger partial charge is 0.236 e. The quantitative estimate of drug-likeness (QED) is 0.455. The van der Waals surface area contributed by atoms with Crippen LogP contribution in [0.25, 0.3) is 33.4 Å². The van der Waals surface area contributed by atoms with Crippen LogP contribution in [0, 0.1) is 0 Å². The Morgan fingerprint density at radius 1 is 0.760 bits per heavy atom. The Kier molecular flexibility index (Phi) is 2.87. The zero-order valence-corrected chi connectivity index (χ0v) is 14.3. The van der Waals surface area contributed by atoms with Gasteiger partial charge in [-0.15, -0.1) is 0 Å². The molecule has 0 bridgehead atoms. The monoisotopic (exact) mass is 322 g/mol. The number of fused-ring (bicyclic) bond motifs is 4. The molecule has 1 aliphatic carbocycles. The number of hydrogen-bond donors (Lipinski definition) is 0. The minimum atomic E-state index is -0.00121. The van der Waals surface area contributed by atoms with E-state index in [1.54, 1.807) is 0 Å². The van der Waals surface area contributed by atoms with Crippen molar-refractivity contribution in [3.63, 3.8) is 0 Å². The van der Waals surface area contributed by atoms with Crippen molar-refractivity contribution >= 4 is 10.9 Å². The number of nitrogens with zero attached hydrogens (tertiary/aromatic N) is 2. The fourth-order valence-corrected chi connectivity index (χ4v) is 3.95. The van der Waals surface area contributed by atoms with Crippen LogP contribution in [0.1, 0.15) is 25.0 Å². The first-order valence-electron chi connectivity index (χ1n) is 8.61. The normalized spacial score (nSPS) is 14.3. The van der Waals surface area contributed by atoms with Crippen molar-refractivity contribution in [1.29, 1.82) is 0 Å². The Morgan fingerprint density at radius 3 is 2.44 bits per heavy atom. The summed E-state index contributed by atoms with van der Waals surface area (Å²) in [6.45, 7) is 4.59. The van der Waals surface area contributed by atoms with E-state index in [0.29, 0.717) is 0 Å². The highest BCUT2D eigenvalue weighted by atomic mass is 14.9. The van der Waals surface area contributed by atoms with Crippen LogP contribution in [-0.2, 0) is 5.41 Å². The highest BCUT2D eigenvalue weighted by Gasteiger charge is 2.35. The Labute approximate surface area is 147 Å². The fraction of sp³-hybridized carbons (Fsp3) is 0.130. The van der Waals surface area contributed by atoms with Gasteiger partial charge in [-0.2, -0.15) is 0 Å². The molecule has 2 heteroatoms. The molecule has 0 spiro atoms. The van der Waals surface area contributed by atoms with Gasteiger partial charge in [0, 0.05) is 22.6 Å². The first-order valence-corrected chi connectivity index (χ1v) is 8.61. The van der Waals surface area contributed by atoms with Gasteiger partial charge in [0.15, 0.2) is 5.82 Å². The number of para-hydroxylation sites is 1. The van der Waals surface area contributed by atoms with Gasteiger partial charge in [-0.25, -0.2) is 9.97 Å². The van der Waals surface area contributed by atoms with Crippen molar-refractivity contribution < 1.29 is 0 Å². The summed E-state index contributed by atoms with van der Waals surface area (Å²) in [5.74, 6) is 0.785. The van der Waals surface area contributed by atoms with E-state index in [-0.39, 0.29) is 5.41 Å². The van der Waals surface area contributed by atoms with E-state index in [1.165, 1.54) is 22.3 Å². The van der Waals surface area contributed by atoms with Crippen LogP contribution in [0.5, 0.6) is 0 Å². The van der Waals surface area contributed by atoms with Gasteiger partial charge >= 0.3 is 0 Å². The molecule has 25 heavy (non-hydrogen) atoms. The summed E-state index contributed by atoms with van der Waals surface area (Å²) >= 11 is 0. The summed E-state index contributed by atoms with van der Waals surface area (Å²) in [5.41, 5.74) is 7.46. The molecule has 0 aliphatic heterocycles. The van der Waals surface area contributed by atoms with E-state index < -0.39 is 0 Å². The van der Waals surface area contributed by atoms with E-state index in [9.17, 15) is 0 Å². The molecule has 0 radical (unpaired) electrons. The molecule has 2 nitrogen and oxygen atoms in total. The number of hydrogen-bond acceptors (Lipinski definition) is 2. The van der Waals surface area contributed by atoms with E-state index >= 15 is 0 Å². The average molecular weight is 322 g/mol. The zero-order valence-electron chi connectivity index (χ0n) is 14.3. The third-order valence-corrected chi connectivity index (χ3v) is 5.33. The van der Waals surface area contributed by atoms with Crippen molar-refractivity contribution in [1.82, 2.24) is 9.97 Å². The lowest BCUT2D eigenvalue weighted by Gasteiger charge is -2.21. The molecule has 0 atom stereocenters. The second kappa shape index (κ2) is 5.00. The van der Waals surface area contributed by atoms with Crippen molar-refractivity contribution in [3.05, 3.63) is 84.1 Å². The van der Waals surface area contributed by atoms with Gasteiger partial charge in [-0.1, -0.05) is 68.4 Å². The van der Waals surface area contributed by atoms with Crippen LogP contribution in [0.3, 0.4) is 0 Å². The standard InChI is InChI=1S/C23H18N2/c1-23(2)19-9-5-4-8-17(19)18-12-11-15(13-20(18)23)22-24-14-16-7-3-6-10-21(16)25-22/h3-14H,1-2H3. The topological polar surface area (TPSA) is 25.8 Å². The molecule has 3 aromatic carbocycles. The van der Waals surface area contributed by atoms with Gasteiger partial charge in [0.05, 0.1) is 5.52 Å². The predicted molar refractivity (Wildman–Crippen MR) is 103 cm³/mol. The fourth-order valence-electron chi connectivity index (χ4n) is 3.95. The third-order valence-electron chi connectivity index (χ3n) is 5.33. The van der Waals surface area contributed by atoms with E-state index in [1.807, 2.05) is 30.5 Å². The average Bonchev–Trinajstić information content (AvgIpc) is 2.89. The lowest BCUT2D eigenvalue weighted by Crippen LogP contribution is -2.14. The summed E-state index contributed by atoms with van der Waals surface area (Å²) in [7, 11) is 0. The molecule has 0 amide bonds. The van der Waals surface area contributed by atoms with Gasteiger partial charge in [0.1, 0.15) is 0 Å². The maximum absolute atomic E-state index is 4.76. The molecule has 4 aromatic rings. The lowest BCUT2D eigenvalue weighted by atomic mass is 9.82. The summed E-state index contributed by atoms with van der Waals surface area (Å²) in [6, 6.07) is 23.4. The second-order valence-electron chi connectivity index (χ2n) is 7.18. The Morgan fingerprint density at radius 2 is 1.52 bits per heavy atom. The summed E-state index contributed by atoms with van der Waals surface area (Å²) in [6.07, 6.45) is 1.91. The molecule has 0 N–H and O–H groups in total. The minimum Gasteiger partial charge on any atom is -0.236 e. The molecule has 1 aliphatic rings. The third kappa shape index (κ3) is 2.04. The van der Waals surface area contributed by atoms with Gasteiger partial charge in [-0.05, 0) is 34.4 Å². The Balaban J connectivity index is 1.69. The van der Waals surface area contributed by atoms with Crippen LogP contribution < -0.4 is 0 Å². The Bertz CT molecular complexity index is 1130. The highest BCUT2D eigenvalue weighted by molar-refractivity contribution is 5.84. The van der Waals surface area contributed by atoms with E-state index in [2.05, 4.69) is 61.3 Å². The van der Waals surface area contributed by atoms with E-state index in [0.717, 1.165) is 22.3 Å². The van der Waals surface area contributed by atoms with Crippen LogP contribution in [-0.4, -0.2) is 9.97 Å². The van der Waals surface area contributed by atoms with Crippen LogP contribution in [0.2, 0.25) is 0 Å². The summed E-state index contributed by atoms with van der Waals surface area (Å²) in [5, 5.41) is 1.07. The van der Waals surface area contributed by atoms with Crippen molar-refractivity contribution in [2.24, 2.45) is 0 Å². The van der Waals surface area contributed by atoms with Crippen LogP contribution in [0.4, 0.5) is 0 Å². The number of benzene rings is 3. The number of rotatable bonds is 1. The summed E-state index contributed by atoms with van der Waals surface area (Å²) in [4.78, 5) is 9.35. The van der Waals surface area contributed by atoms with Crippen LogP contribution >= 0.6 is 0 Å². The first kappa shape index (κ1) is 14.4. The molecule has 5 rings (SSSR count). The van der Waals surface area contributed by atoms with Gasteiger partial charge in [0.2, 0.25) is 0 Å². The minimum absolute atomic E-state index is 0.00121. The molecular formula is C23H18N2. The smallest absolute Gasteiger partial charge is 0.159 e. The van der Waals surface area contributed by atoms with Gasteiger partial charge in [-0.3, -0.25) is 0 Å². The van der Waals surface area contributed by atoms with Crippen LogP contribution in [0.15, 0.2) is 72.9 Å². The molecule has 1 heterocycles. The molecule has 0 unspecified atom stereocenters. The lowest BCUT2D eigenvalue weighted by molar-refractivity contribution is 0.660. The Hall–Kier alpha value is -3.00. The first-order chi connectivity index (χ1) is 12.1. The molecule has 1 aromatic heterocycles. The molecule has 0 saturated carbocycles. The van der Waals surface area contributed by atoms with Gasteiger partial charge < -0.3 is 0 Å². The molecule has 0 saturated heterocycles. The maximum Gasteiger partial charge on any atom is 0.159 e. The summed E-state index contributed by atoms with van der Waals surface area (Å²) < 4.78 is 0. The van der Waals surface area contributed by atoms with Crippen molar-refractivity contribution in [2.75, 3.05) is 0 Å². The SMILES string of the molecule is CC1(C)c2ccccc2-c2ccc(-c3ncc4ccccc4n3)cc21. The zero-order chi connectivity index (χ0) is 17.0. The van der Waals surface area contributed by atoms with Crippen molar-refractivity contribution in [3.8, 4) is 22.5 Å². The number of aromatic nitrogens is 2. The highest BCUT2D eigenvalue weighted by Crippen LogP contribution is 2.49. The maximum atomic E-state index is 4.76. The van der Waals surface area contributed by atoms with Crippen molar-refractivity contribution in [2.45, 2.75) is 19.3 Å². The second-order valence-corrected chi connectivity index (χ2v) is 7.18. The molecule has 120 valence electrons. The van der Waals surface area contributed by atoms with Gasteiger partial charge in [0.25, 0.3) is 0 Å².